The van der Waals surface area contributed by atoms with Crippen LogP contribution in [0.3, 0.4) is 0 Å². The smallest absolute Gasteiger partial charge is 0.411 e. The highest BCUT2D eigenvalue weighted by molar-refractivity contribution is 5.92. The molecule has 0 heterocycles. The number of unbranched alkanes of at least 4 members (excludes halogenated alkanes) is 2. The number of benzene rings is 1. The number of nitrogens with two attached hydrogens (primary N) is 1. The molecule has 0 fully saturated rings. The number of hydrogen-bond donors (Lipinski definition) is 3. The molecule has 0 aliphatic heterocycles. The molecule has 0 saturated carbocycles. The van der Waals surface area contributed by atoms with Crippen molar-refractivity contribution < 1.29 is 14.3 Å². The molecule has 0 aromatic heterocycles. The van der Waals surface area contributed by atoms with Crippen molar-refractivity contribution in [2.75, 3.05) is 24.3 Å². The van der Waals surface area contributed by atoms with E-state index < -0.39 is 6.09 Å². The Bertz CT molecular complexity index is 449. The Morgan fingerprint density at radius 2 is 1.85 bits per heavy atom. The highest BCUT2D eigenvalue weighted by Gasteiger charge is 2.04. The van der Waals surface area contributed by atoms with Crippen LogP contribution < -0.4 is 16.4 Å². The minimum atomic E-state index is -0.546. The number of hydrogen-bond acceptors (Lipinski definition) is 4. The molecule has 0 unspecified atom stereocenters. The van der Waals surface area contributed by atoms with E-state index in [0.29, 0.717) is 24.3 Å². The molecule has 4 N–H and O–H groups in total. The number of ether oxygens (including phenoxy) is 1. The van der Waals surface area contributed by atoms with Crippen LogP contribution in [0.1, 0.15) is 25.7 Å². The summed E-state index contributed by atoms with van der Waals surface area (Å²) in [5.74, 6) is -0.0442. The molecule has 2 amide bonds. The van der Waals surface area contributed by atoms with Crippen LogP contribution in [0.4, 0.5) is 16.2 Å². The van der Waals surface area contributed by atoms with Crippen LogP contribution in [0.2, 0.25) is 0 Å². The van der Waals surface area contributed by atoms with Gasteiger partial charge < -0.3 is 15.8 Å². The predicted molar refractivity (Wildman–Crippen MR) is 78.6 cm³/mol. The fourth-order valence-electron chi connectivity index (χ4n) is 1.67. The van der Waals surface area contributed by atoms with E-state index in [-0.39, 0.29) is 5.91 Å². The zero-order valence-electron chi connectivity index (χ0n) is 11.6. The quantitative estimate of drug-likeness (QED) is 0.668. The van der Waals surface area contributed by atoms with Gasteiger partial charge >= 0.3 is 6.09 Å². The predicted octanol–water partition coefficient (Wildman–Crippen LogP) is 2.32. The van der Waals surface area contributed by atoms with Gasteiger partial charge in [-0.1, -0.05) is 12.5 Å². The Hall–Kier alpha value is -2.08. The monoisotopic (exact) mass is 279 g/mol. The van der Waals surface area contributed by atoms with Gasteiger partial charge in [-0.2, -0.15) is 0 Å². The lowest BCUT2D eigenvalue weighted by atomic mass is 10.2. The lowest BCUT2D eigenvalue weighted by Gasteiger charge is -2.08. The van der Waals surface area contributed by atoms with E-state index in [1.54, 1.807) is 24.3 Å². The molecular weight excluding hydrogens is 258 g/mol. The number of carbonyl (C=O) groups excluding carboxylic acids is 2. The van der Waals surface area contributed by atoms with Gasteiger partial charge in [0.15, 0.2) is 0 Å². The van der Waals surface area contributed by atoms with Gasteiger partial charge in [0.1, 0.15) is 0 Å². The first-order valence-corrected chi connectivity index (χ1v) is 6.60. The fraction of sp³-hybridized carbons (Fsp3) is 0.429. The third-order valence-electron chi connectivity index (χ3n) is 2.69. The average molecular weight is 279 g/mol. The van der Waals surface area contributed by atoms with E-state index in [9.17, 15) is 9.59 Å². The molecule has 6 heteroatoms. The number of amides is 2. The van der Waals surface area contributed by atoms with Crippen molar-refractivity contribution >= 4 is 23.4 Å². The first kappa shape index (κ1) is 16.0. The van der Waals surface area contributed by atoms with Crippen LogP contribution in [-0.2, 0) is 9.53 Å². The van der Waals surface area contributed by atoms with Crippen LogP contribution in [0.25, 0.3) is 0 Å². The van der Waals surface area contributed by atoms with Crippen molar-refractivity contribution in [2.45, 2.75) is 25.7 Å². The Morgan fingerprint density at radius 1 is 1.15 bits per heavy atom. The molecule has 1 aromatic rings. The third-order valence-corrected chi connectivity index (χ3v) is 2.69. The molecule has 0 aliphatic rings. The number of anilines is 2. The number of nitrogens with one attached hydrogen (secondary N) is 2. The summed E-state index contributed by atoms with van der Waals surface area (Å²) in [6, 6.07) is 6.90. The van der Waals surface area contributed by atoms with Crippen molar-refractivity contribution in [3.63, 3.8) is 0 Å². The summed E-state index contributed by atoms with van der Waals surface area (Å²) < 4.78 is 4.50. The van der Waals surface area contributed by atoms with Gasteiger partial charge in [0, 0.05) is 17.8 Å². The van der Waals surface area contributed by atoms with Gasteiger partial charge in [0.05, 0.1) is 7.11 Å². The van der Waals surface area contributed by atoms with Gasteiger partial charge in [0.25, 0.3) is 0 Å². The van der Waals surface area contributed by atoms with E-state index in [1.165, 1.54) is 7.11 Å². The molecule has 1 aromatic carbocycles. The first-order chi connectivity index (χ1) is 9.65. The summed E-state index contributed by atoms with van der Waals surface area (Å²) in [7, 11) is 1.29. The second kappa shape index (κ2) is 8.92. The second-order valence-corrected chi connectivity index (χ2v) is 4.34. The van der Waals surface area contributed by atoms with Gasteiger partial charge in [-0.15, -0.1) is 0 Å². The summed E-state index contributed by atoms with van der Waals surface area (Å²) in [6.45, 7) is 0.656. The highest BCUT2D eigenvalue weighted by atomic mass is 16.5. The van der Waals surface area contributed by atoms with Crippen molar-refractivity contribution in [1.82, 2.24) is 0 Å². The number of rotatable bonds is 7. The fourth-order valence-corrected chi connectivity index (χ4v) is 1.67. The van der Waals surface area contributed by atoms with Crippen molar-refractivity contribution in [2.24, 2.45) is 5.73 Å². The maximum Gasteiger partial charge on any atom is 0.411 e. The zero-order chi connectivity index (χ0) is 14.8. The Morgan fingerprint density at radius 3 is 2.50 bits per heavy atom. The summed E-state index contributed by atoms with van der Waals surface area (Å²) in [6.07, 6.45) is 2.63. The summed E-state index contributed by atoms with van der Waals surface area (Å²) in [5.41, 5.74) is 6.60. The van der Waals surface area contributed by atoms with Crippen LogP contribution >= 0.6 is 0 Å². The third kappa shape index (κ3) is 6.19. The average Bonchev–Trinajstić information content (AvgIpc) is 2.44. The van der Waals surface area contributed by atoms with Gasteiger partial charge in [0.2, 0.25) is 5.91 Å². The largest absolute Gasteiger partial charge is 0.453 e. The Kier molecular flexibility index (Phi) is 7.13. The minimum absolute atomic E-state index is 0.0442. The van der Waals surface area contributed by atoms with Crippen LogP contribution in [0.15, 0.2) is 24.3 Å². The molecule has 0 radical (unpaired) electrons. The van der Waals surface area contributed by atoms with Gasteiger partial charge in [-0.3, -0.25) is 10.1 Å². The van der Waals surface area contributed by atoms with Crippen LogP contribution in [0, 0.1) is 0 Å². The van der Waals surface area contributed by atoms with Crippen molar-refractivity contribution in [3.05, 3.63) is 24.3 Å². The highest BCUT2D eigenvalue weighted by Crippen LogP contribution is 2.15. The summed E-state index contributed by atoms with van der Waals surface area (Å²) in [4.78, 5) is 22.8. The van der Waals surface area contributed by atoms with E-state index >= 15 is 0 Å². The van der Waals surface area contributed by atoms with E-state index in [4.69, 9.17) is 5.73 Å². The van der Waals surface area contributed by atoms with Crippen molar-refractivity contribution in [1.29, 1.82) is 0 Å². The molecule has 0 saturated heterocycles. The normalized spacial score (nSPS) is 9.90. The molecule has 0 spiro atoms. The molecular formula is C14H21N3O3. The molecule has 1 rings (SSSR count). The van der Waals surface area contributed by atoms with Gasteiger partial charge in [-0.25, -0.2) is 4.79 Å². The molecule has 20 heavy (non-hydrogen) atoms. The zero-order valence-corrected chi connectivity index (χ0v) is 11.6. The Labute approximate surface area is 118 Å². The van der Waals surface area contributed by atoms with Gasteiger partial charge in [-0.05, 0) is 37.6 Å². The lowest BCUT2D eigenvalue weighted by Crippen LogP contribution is -2.13. The number of carbonyl (C=O) groups is 2. The topological polar surface area (TPSA) is 93.5 Å². The van der Waals surface area contributed by atoms with Crippen LogP contribution in [0.5, 0.6) is 0 Å². The molecule has 110 valence electrons. The molecule has 0 aliphatic carbocycles. The maximum atomic E-state index is 11.7. The van der Waals surface area contributed by atoms with E-state index in [2.05, 4.69) is 15.4 Å². The van der Waals surface area contributed by atoms with Crippen LogP contribution in [-0.4, -0.2) is 25.7 Å². The standard InChI is InChI=1S/C14H21N3O3/c1-20-14(19)17-12-7-5-6-11(10-12)16-13(18)8-3-2-4-9-15/h5-7,10H,2-4,8-9,15H2,1H3,(H,16,18)(H,17,19). The molecule has 0 bridgehead atoms. The minimum Gasteiger partial charge on any atom is -0.453 e. The summed E-state index contributed by atoms with van der Waals surface area (Å²) >= 11 is 0. The lowest BCUT2D eigenvalue weighted by molar-refractivity contribution is -0.116. The first-order valence-electron chi connectivity index (χ1n) is 6.60. The molecule has 0 atom stereocenters. The second-order valence-electron chi connectivity index (χ2n) is 4.34. The van der Waals surface area contributed by atoms with E-state index in [0.717, 1.165) is 19.3 Å². The Balaban J connectivity index is 2.45. The maximum absolute atomic E-state index is 11.7. The molecule has 6 nitrogen and oxygen atoms in total. The SMILES string of the molecule is COC(=O)Nc1cccc(NC(=O)CCCCCN)c1. The van der Waals surface area contributed by atoms with E-state index in [1.807, 2.05) is 0 Å². The van der Waals surface area contributed by atoms with Crippen molar-refractivity contribution in [3.8, 4) is 0 Å². The number of methoxy groups -OCH3 is 1. The summed E-state index contributed by atoms with van der Waals surface area (Å²) in [5, 5.41) is 5.33.